The normalized spacial score (nSPS) is 15.7. The highest BCUT2D eigenvalue weighted by molar-refractivity contribution is 6.30. The highest BCUT2D eigenvalue weighted by Crippen LogP contribution is 2.37. The second kappa shape index (κ2) is 8.47. The molecule has 0 aliphatic carbocycles. The van der Waals surface area contributed by atoms with Crippen LogP contribution in [0.1, 0.15) is 28.8 Å². The SMILES string of the molecule is Cc1ccc(Cl)cc1N1CCN(C(=O)CCCN2C(=O)c3cccc4cccc2c34)CC1. The lowest BCUT2D eigenvalue weighted by molar-refractivity contribution is -0.131. The maximum atomic E-state index is 12.9. The van der Waals surface area contributed by atoms with Crippen LogP contribution in [0.2, 0.25) is 5.02 Å². The minimum absolute atomic E-state index is 0.0368. The molecule has 2 heterocycles. The van der Waals surface area contributed by atoms with Gasteiger partial charge in [-0.1, -0.05) is 41.9 Å². The highest BCUT2D eigenvalue weighted by Gasteiger charge is 2.29. The number of nitrogens with zero attached hydrogens (tertiary/aromatic N) is 3. The lowest BCUT2D eigenvalue weighted by atomic mass is 10.1. The smallest absolute Gasteiger partial charge is 0.258 e. The van der Waals surface area contributed by atoms with Gasteiger partial charge in [0.1, 0.15) is 0 Å². The Morgan fingerprint density at radius 1 is 0.969 bits per heavy atom. The first kappa shape index (κ1) is 20.8. The van der Waals surface area contributed by atoms with E-state index in [2.05, 4.69) is 11.8 Å². The number of piperazine rings is 1. The fourth-order valence-corrected chi connectivity index (χ4v) is 5.03. The topological polar surface area (TPSA) is 43.9 Å². The maximum Gasteiger partial charge on any atom is 0.258 e. The molecule has 0 aromatic heterocycles. The van der Waals surface area contributed by atoms with E-state index in [1.165, 1.54) is 5.56 Å². The van der Waals surface area contributed by atoms with Gasteiger partial charge >= 0.3 is 0 Å². The van der Waals surface area contributed by atoms with Crippen LogP contribution in [-0.2, 0) is 4.79 Å². The zero-order chi connectivity index (χ0) is 22.2. The number of carbonyl (C=O) groups is 2. The van der Waals surface area contributed by atoms with Crippen LogP contribution in [0.5, 0.6) is 0 Å². The molecule has 32 heavy (non-hydrogen) atoms. The molecule has 0 N–H and O–H groups in total. The molecule has 5 rings (SSSR count). The summed E-state index contributed by atoms with van der Waals surface area (Å²) in [6.45, 7) is 5.65. The van der Waals surface area contributed by atoms with Crippen molar-refractivity contribution in [2.75, 3.05) is 42.5 Å². The van der Waals surface area contributed by atoms with Crippen molar-refractivity contribution in [3.8, 4) is 0 Å². The Kier molecular flexibility index (Phi) is 5.51. The predicted octanol–water partition coefficient (Wildman–Crippen LogP) is 4.89. The molecule has 0 atom stereocenters. The largest absolute Gasteiger partial charge is 0.368 e. The minimum atomic E-state index is 0.0368. The first-order chi connectivity index (χ1) is 15.5. The van der Waals surface area contributed by atoms with Crippen LogP contribution in [0.4, 0.5) is 11.4 Å². The molecule has 1 fully saturated rings. The monoisotopic (exact) mass is 447 g/mol. The number of anilines is 2. The number of aryl methyl sites for hydroxylation is 1. The second-order valence-electron chi connectivity index (χ2n) is 8.54. The molecule has 3 aromatic carbocycles. The summed E-state index contributed by atoms with van der Waals surface area (Å²) in [6, 6.07) is 17.8. The Bertz CT molecular complexity index is 1200. The quantitative estimate of drug-likeness (QED) is 0.559. The predicted molar refractivity (Wildman–Crippen MR) is 130 cm³/mol. The van der Waals surface area contributed by atoms with Gasteiger partial charge in [0, 0.05) is 60.8 Å². The van der Waals surface area contributed by atoms with Gasteiger partial charge in [-0.25, -0.2) is 0 Å². The van der Waals surface area contributed by atoms with Gasteiger partial charge in [0.2, 0.25) is 5.91 Å². The summed E-state index contributed by atoms with van der Waals surface area (Å²) < 4.78 is 0. The van der Waals surface area contributed by atoms with Crippen LogP contribution in [0.25, 0.3) is 10.8 Å². The lowest BCUT2D eigenvalue weighted by Crippen LogP contribution is -2.49. The van der Waals surface area contributed by atoms with Crippen molar-refractivity contribution in [2.24, 2.45) is 0 Å². The Hall–Kier alpha value is -3.05. The number of hydrogen-bond acceptors (Lipinski definition) is 3. The van der Waals surface area contributed by atoms with Gasteiger partial charge in [-0.2, -0.15) is 0 Å². The molecule has 164 valence electrons. The Balaban J connectivity index is 1.16. The summed E-state index contributed by atoms with van der Waals surface area (Å²) in [5.74, 6) is 0.199. The van der Waals surface area contributed by atoms with Crippen LogP contribution in [0, 0.1) is 6.92 Å². The molecular weight excluding hydrogens is 422 g/mol. The Morgan fingerprint density at radius 2 is 1.72 bits per heavy atom. The van der Waals surface area contributed by atoms with Crippen LogP contribution in [0.3, 0.4) is 0 Å². The number of benzene rings is 3. The molecule has 6 heteroatoms. The molecule has 3 aromatic rings. The van der Waals surface area contributed by atoms with E-state index in [9.17, 15) is 9.59 Å². The molecule has 0 spiro atoms. The minimum Gasteiger partial charge on any atom is -0.368 e. The summed E-state index contributed by atoms with van der Waals surface area (Å²) in [5, 5.41) is 2.84. The molecule has 2 aliphatic rings. The molecule has 0 saturated carbocycles. The highest BCUT2D eigenvalue weighted by atomic mass is 35.5. The van der Waals surface area contributed by atoms with Gasteiger partial charge in [-0.15, -0.1) is 0 Å². The number of halogens is 1. The fraction of sp³-hybridized carbons (Fsp3) is 0.308. The standard InChI is InChI=1S/C26H26ClN3O2/c1-18-10-11-20(27)17-23(18)28-13-15-29(16-14-28)24(31)9-4-12-30-22-8-3-6-19-5-2-7-21(25(19)22)26(30)32/h2-3,5-8,10-11,17H,4,9,12-16H2,1H3. The van der Waals surface area contributed by atoms with E-state index >= 15 is 0 Å². The third kappa shape index (κ3) is 3.71. The molecule has 0 bridgehead atoms. The average molecular weight is 448 g/mol. The number of rotatable bonds is 5. The van der Waals surface area contributed by atoms with Gasteiger partial charge in [0.25, 0.3) is 5.91 Å². The maximum absolute atomic E-state index is 12.9. The van der Waals surface area contributed by atoms with E-state index in [4.69, 9.17) is 11.6 Å². The third-order valence-corrected chi connectivity index (χ3v) is 6.80. The fourth-order valence-electron chi connectivity index (χ4n) is 4.87. The first-order valence-corrected chi connectivity index (χ1v) is 11.5. The van der Waals surface area contributed by atoms with Crippen LogP contribution < -0.4 is 9.80 Å². The van der Waals surface area contributed by atoms with Crippen molar-refractivity contribution < 1.29 is 9.59 Å². The zero-order valence-electron chi connectivity index (χ0n) is 18.2. The van der Waals surface area contributed by atoms with E-state index < -0.39 is 0 Å². The molecule has 5 nitrogen and oxygen atoms in total. The summed E-state index contributed by atoms with van der Waals surface area (Å²) >= 11 is 6.17. The number of amides is 2. The van der Waals surface area contributed by atoms with Crippen molar-refractivity contribution in [3.05, 3.63) is 70.7 Å². The van der Waals surface area contributed by atoms with E-state index in [-0.39, 0.29) is 11.8 Å². The number of carbonyl (C=O) groups excluding carboxylic acids is 2. The van der Waals surface area contributed by atoms with Crippen molar-refractivity contribution in [3.63, 3.8) is 0 Å². The van der Waals surface area contributed by atoms with Crippen LogP contribution in [0.15, 0.2) is 54.6 Å². The van der Waals surface area contributed by atoms with E-state index in [1.54, 1.807) is 0 Å². The van der Waals surface area contributed by atoms with Crippen molar-refractivity contribution in [1.29, 1.82) is 0 Å². The summed E-state index contributed by atoms with van der Waals surface area (Å²) in [6.07, 6.45) is 1.11. The molecule has 0 unspecified atom stereocenters. The molecular formula is C26H26ClN3O2. The second-order valence-corrected chi connectivity index (χ2v) is 8.98. The van der Waals surface area contributed by atoms with Crippen LogP contribution >= 0.6 is 11.6 Å². The van der Waals surface area contributed by atoms with Gasteiger partial charge in [-0.3, -0.25) is 9.59 Å². The summed E-state index contributed by atoms with van der Waals surface area (Å²) in [7, 11) is 0. The van der Waals surface area contributed by atoms with E-state index in [0.717, 1.165) is 45.8 Å². The van der Waals surface area contributed by atoms with E-state index in [0.29, 0.717) is 32.5 Å². The van der Waals surface area contributed by atoms with Gasteiger partial charge in [-0.05, 0) is 48.6 Å². The third-order valence-electron chi connectivity index (χ3n) is 6.57. The first-order valence-electron chi connectivity index (χ1n) is 11.2. The molecule has 0 radical (unpaired) electrons. The molecule has 2 aliphatic heterocycles. The van der Waals surface area contributed by atoms with Gasteiger partial charge in [0.15, 0.2) is 0 Å². The Morgan fingerprint density at radius 3 is 2.50 bits per heavy atom. The van der Waals surface area contributed by atoms with Crippen molar-refractivity contribution in [2.45, 2.75) is 19.8 Å². The van der Waals surface area contributed by atoms with Gasteiger partial charge < -0.3 is 14.7 Å². The van der Waals surface area contributed by atoms with Crippen LogP contribution in [-0.4, -0.2) is 49.4 Å². The van der Waals surface area contributed by atoms with Crippen molar-refractivity contribution in [1.82, 2.24) is 4.90 Å². The molecule has 1 saturated heterocycles. The van der Waals surface area contributed by atoms with E-state index in [1.807, 2.05) is 64.4 Å². The molecule has 2 amide bonds. The van der Waals surface area contributed by atoms with Gasteiger partial charge in [0.05, 0.1) is 5.69 Å². The van der Waals surface area contributed by atoms with Crippen molar-refractivity contribution >= 4 is 45.6 Å². The zero-order valence-corrected chi connectivity index (χ0v) is 18.9. The summed E-state index contributed by atoms with van der Waals surface area (Å²) in [4.78, 5) is 31.8. The average Bonchev–Trinajstić information content (AvgIpc) is 3.09. The Labute approximate surface area is 193 Å². The summed E-state index contributed by atoms with van der Waals surface area (Å²) in [5.41, 5.74) is 4.06. The lowest BCUT2D eigenvalue weighted by Gasteiger charge is -2.37. The number of hydrogen-bond donors (Lipinski definition) is 0.